The Hall–Kier alpha value is -1.91. The van der Waals surface area contributed by atoms with Gasteiger partial charge in [-0.25, -0.2) is 0 Å². The molecule has 1 aromatic carbocycles. The maximum absolute atomic E-state index is 11.6. The van der Waals surface area contributed by atoms with Crippen LogP contribution in [0.15, 0.2) is 18.2 Å². The zero-order valence-electron chi connectivity index (χ0n) is 11.5. The molecule has 0 atom stereocenters. The average molecular weight is 263 g/mol. The minimum Gasteiger partial charge on any atom is -0.495 e. The Morgan fingerprint density at radius 3 is 2.68 bits per heavy atom. The summed E-state index contributed by atoms with van der Waals surface area (Å²) < 4.78 is 5.24. The van der Waals surface area contributed by atoms with Gasteiger partial charge in [-0.3, -0.25) is 4.79 Å². The third kappa shape index (κ3) is 2.75. The summed E-state index contributed by atoms with van der Waals surface area (Å²) in [6.45, 7) is 1.69. The van der Waals surface area contributed by atoms with E-state index in [0.29, 0.717) is 11.4 Å². The van der Waals surface area contributed by atoms with Crippen molar-refractivity contribution >= 4 is 17.3 Å². The van der Waals surface area contributed by atoms with Gasteiger partial charge in [0.1, 0.15) is 5.75 Å². The highest BCUT2D eigenvalue weighted by molar-refractivity contribution is 5.79. The molecule has 1 saturated heterocycles. The molecule has 1 heterocycles. The first-order valence-corrected chi connectivity index (χ1v) is 6.56. The minimum atomic E-state index is 0.119. The van der Waals surface area contributed by atoms with Crippen LogP contribution in [0.3, 0.4) is 0 Å². The van der Waals surface area contributed by atoms with E-state index >= 15 is 0 Å². The first-order chi connectivity index (χ1) is 9.17. The number of methoxy groups -OCH3 is 1. The number of ether oxygens (including phenoxy) is 1. The van der Waals surface area contributed by atoms with Gasteiger partial charge in [0.25, 0.3) is 0 Å². The summed E-state index contributed by atoms with van der Waals surface area (Å²) in [4.78, 5) is 13.8. The first-order valence-electron chi connectivity index (χ1n) is 6.56. The average Bonchev–Trinajstić information content (AvgIpc) is 2.47. The van der Waals surface area contributed by atoms with Crippen LogP contribution in [-0.4, -0.2) is 33.2 Å². The van der Waals surface area contributed by atoms with Crippen LogP contribution in [0.25, 0.3) is 0 Å². The Morgan fingerprint density at radius 2 is 2.11 bits per heavy atom. The predicted molar refractivity (Wildman–Crippen MR) is 76.4 cm³/mol. The van der Waals surface area contributed by atoms with Crippen molar-refractivity contribution in [2.75, 3.05) is 37.9 Å². The van der Waals surface area contributed by atoms with Crippen LogP contribution in [0.5, 0.6) is 5.75 Å². The second-order valence-corrected chi connectivity index (χ2v) is 4.77. The van der Waals surface area contributed by atoms with Crippen LogP contribution < -0.4 is 20.7 Å². The Balaban J connectivity index is 2.08. The number of amides is 1. The SMILES string of the molecule is CNC(=O)C1CCN(c2cccc(OC)c2N)CC1. The van der Waals surface area contributed by atoms with Gasteiger partial charge in [0.2, 0.25) is 5.91 Å². The molecule has 0 bridgehead atoms. The molecule has 0 radical (unpaired) electrons. The van der Waals surface area contributed by atoms with Gasteiger partial charge in [0.05, 0.1) is 18.5 Å². The Bertz CT molecular complexity index is 454. The Labute approximate surface area is 113 Å². The van der Waals surface area contributed by atoms with Gasteiger partial charge in [-0.2, -0.15) is 0 Å². The molecular weight excluding hydrogens is 242 g/mol. The fraction of sp³-hybridized carbons (Fsp3) is 0.500. The smallest absolute Gasteiger partial charge is 0.222 e. The maximum Gasteiger partial charge on any atom is 0.222 e. The van der Waals surface area contributed by atoms with Crippen LogP contribution in [-0.2, 0) is 4.79 Å². The number of nitrogens with zero attached hydrogens (tertiary/aromatic N) is 1. The quantitative estimate of drug-likeness (QED) is 0.805. The van der Waals surface area contributed by atoms with E-state index in [2.05, 4.69) is 10.2 Å². The molecule has 0 aliphatic carbocycles. The minimum absolute atomic E-state index is 0.119. The first kappa shape index (κ1) is 13.5. The molecule has 1 aliphatic heterocycles. The largest absolute Gasteiger partial charge is 0.495 e. The number of nitrogens with one attached hydrogen (secondary N) is 1. The Morgan fingerprint density at radius 1 is 1.42 bits per heavy atom. The number of carbonyl (C=O) groups is 1. The van der Waals surface area contributed by atoms with Crippen LogP contribution in [0.4, 0.5) is 11.4 Å². The van der Waals surface area contributed by atoms with Gasteiger partial charge in [-0.1, -0.05) is 6.07 Å². The van der Waals surface area contributed by atoms with Crippen molar-refractivity contribution in [2.24, 2.45) is 5.92 Å². The number of para-hydroxylation sites is 1. The van der Waals surface area contributed by atoms with Crippen molar-refractivity contribution in [3.05, 3.63) is 18.2 Å². The summed E-state index contributed by atoms with van der Waals surface area (Å²) in [5, 5.41) is 2.72. The standard InChI is InChI=1S/C14H21N3O2/c1-16-14(18)10-6-8-17(9-7-10)11-4-3-5-12(19-2)13(11)15/h3-5,10H,6-9,15H2,1-2H3,(H,16,18). The molecule has 0 saturated carbocycles. The van der Waals surface area contributed by atoms with E-state index in [-0.39, 0.29) is 11.8 Å². The van der Waals surface area contributed by atoms with Crippen molar-refractivity contribution in [1.82, 2.24) is 5.32 Å². The number of carbonyl (C=O) groups excluding carboxylic acids is 1. The lowest BCUT2D eigenvalue weighted by molar-refractivity contribution is -0.125. The van der Waals surface area contributed by atoms with Gasteiger partial charge in [0.15, 0.2) is 0 Å². The van der Waals surface area contributed by atoms with Gasteiger partial charge in [-0.15, -0.1) is 0 Å². The van der Waals surface area contributed by atoms with Crippen molar-refractivity contribution < 1.29 is 9.53 Å². The molecule has 104 valence electrons. The van der Waals surface area contributed by atoms with E-state index in [1.54, 1.807) is 14.2 Å². The summed E-state index contributed by atoms with van der Waals surface area (Å²) in [6.07, 6.45) is 1.71. The highest BCUT2D eigenvalue weighted by Gasteiger charge is 2.25. The van der Waals surface area contributed by atoms with E-state index in [1.807, 2.05) is 18.2 Å². The Kier molecular flexibility index (Phi) is 4.14. The van der Waals surface area contributed by atoms with E-state index < -0.39 is 0 Å². The van der Waals surface area contributed by atoms with Crippen molar-refractivity contribution in [2.45, 2.75) is 12.8 Å². The fourth-order valence-corrected chi connectivity index (χ4v) is 2.57. The molecule has 1 aliphatic rings. The number of nitrogen functional groups attached to an aromatic ring is 1. The van der Waals surface area contributed by atoms with Crippen LogP contribution in [0.1, 0.15) is 12.8 Å². The highest BCUT2D eigenvalue weighted by atomic mass is 16.5. The molecule has 0 aromatic heterocycles. The molecule has 0 spiro atoms. The number of benzene rings is 1. The zero-order valence-corrected chi connectivity index (χ0v) is 11.5. The molecular formula is C14H21N3O2. The van der Waals surface area contributed by atoms with Crippen molar-refractivity contribution in [1.29, 1.82) is 0 Å². The van der Waals surface area contributed by atoms with E-state index in [0.717, 1.165) is 31.6 Å². The summed E-state index contributed by atoms with van der Waals surface area (Å²) >= 11 is 0. The van der Waals surface area contributed by atoms with Crippen molar-refractivity contribution in [3.63, 3.8) is 0 Å². The monoisotopic (exact) mass is 263 g/mol. The lowest BCUT2D eigenvalue weighted by atomic mass is 9.95. The normalized spacial score (nSPS) is 16.2. The van der Waals surface area contributed by atoms with Crippen molar-refractivity contribution in [3.8, 4) is 5.75 Å². The molecule has 5 heteroatoms. The molecule has 2 rings (SSSR count). The number of hydrogen-bond acceptors (Lipinski definition) is 4. The van der Waals surface area contributed by atoms with Gasteiger partial charge in [0, 0.05) is 26.1 Å². The van der Waals surface area contributed by atoms with Crippen LogP contribution in [0, 0.1) is 5.92 Å². The van der Waals surface area contributed by atoms with Gasteiger partial charge >= 0.3 is 0 Å². The highest BCUT2D eigenvalue weighted by Crippen LogP contribution is 2.34. The number of nitrogens with two attached hydrogens (primary N) is 1. The van der Waals surface area contributed by atoms with Gasteiger partial charge < -0.3 is 20.7 Å². The number of rotatable bonds is 3. The third-order valence-electron chi connectivity index (χ3n) is 3.72. The molecule has 1 amide bonds. The van der Waals surface area contributed by atoms with Crippen LogP contribution >= 0.6 is 0 Å². The molecule has 1 aromatic rings. The number of piperidine rings is 1. The second kappa shape index (κ2) is 5.82. The molecule has 19 heavy (non-hydrogen) atoms. The van der Waals surface area contributed by atoms with Gasteiger partial charge in [-0.05, 0) is 25.0 Å². The van der Waals surface area contributed by atoms with E-state index in [1.165, 1.54) is 0 Å². The zero-order chi connectivity index (χ0) is 13.8. The summed E-state index contributed by atoms with van der Waals surface area (Å²) in [6, 6.07) is 5.80. The van der Waals surface area contributed by atoms with E-state index in [9.17, 15) is 4.79 Å². The number of anilines is 2. The van der Waals surface area contributed by atoms with Crippen LogP contribution in [0.2, 0.25) is 0 Å². The summed E-state index contributed by atoms with van der Waals surface area (Å²) in [5.41, 5.74) is 7.76. The summed E-state index contributed by atoms with van der Waals surface area (Å²) in [7, 11) is 3.31. The molecule has 3 N–H and O–H groups in total. The molecule has 1 fully saturated rings. The number of hydrogen-bond donors (Lipinski definition) is 2. The second-order valence-electron chi connectivity index (χ2n) is 4.77. The topological polar surface area (TPSA) is 67.6 Å². The van der Waals surface area contributed by atoms with E-state index in [4.69, 9.17) is 10.5 Å². The fourth-order valence-electron chi connectivity index (χ4n) is 2.57. The predicted octanol–water partition coefficient (Wildman–Crippen LogP) is 1.24. The summed E-state index contributed by atoms with van der Waals surface area (Å²) in [5.74, 6) is 0.956. The lowest BCUT2D eigenvalue weighted by Gasteiger charge is -2.33. The molecule has 5 nitrogen and oxygen atoms in total. The molecule has 0 unspecified atom stereocenters. The maximum atomic E-state index is 11.6. The third-order valence-corrected chi connectivity index (χ3v) is 3.72. The lowest BCUT2D eigenvalue weighted by Crippen LogP contribution is -2.39.